The molecule has 1 aliphatic rings. The van der Waals surface area contributed by atoms with Crippen molar-refractivity contribution in [2.45, 2.75) is 12.8 Å². The number of rotatable bonds is 4. The Kier molecular flexibility index (Phi) is 5.31. The molecule has 3 heterocycles. The van der Waals surface area contributed by atoms with E-state index in [4.69, 9.17) is 15.2 Å². The summed E-state index contributed by atoms with van der Waals surface area (Å²) in [6.07, 6.45) is 0. The number of anilines is 1. The summed E-state index contributed by atoms with van der Waals surface area (Å²) < 4.78 is 11.0. The Morgan fingerprint density at radius 3 is 2.62 bits per heavy atom. The third-order valence-corrected chi connectivity index (χ3v) is 6.28. The van der Waals surface area contributed by atoms with E-state index >= 15 is 0 Å². The number of hydrogen-bond donors (Lipinski definition) is 3. The second-order valence-corrected chi connectivity index (χ2v) is 7.91. The monoisotopic (exact) mass is 447 g/mol. The van der Waals surface area contributed by atoms with Gasteiger partial charge in [0.25, 0.3) is 5.56 Å². The Morgan fingerprint density at radius 2 is 2.03 bits per heavy atom. The SMILES string of the molecule is CCNc1sc2c3c(c(=O)[nH]c2c1C#N)C(c1ccc(C(=O)OC)cc1)C(C#N)=C(N)O3. The predicted octanol–water partition coefficient (Wildman–Crippen LogP) is 2.90. The van der Waals surface area contributed by atoms with Gasteiger partial charge in [-0.3, -0.25) is 4.79 Å². The van der Waals surface area contributed by atoms with Gasteiger partial charge in [0.1, 0.15) is 28.3 Å². The molecule has 1 aliphatic heterocycles. The molecule has 0 bridgehead atoms. The molecule has 1 unspecified atom stereocenters. The maximum atomic E-state index is 13.2. The number of nitrogens with two attached hydrogens (primary N) is 1. The number of methoxy groups -OCH3 is 1. The number of nitriles is 2. The number of carbonyl (C=O) groups excluding carboxylic acids is 1. The van der Waals surface area contributed by atoms with Crippen LogP contribution in [0, 0.1) is 22.7 Å². The lowest BCUT2D eigenvalue weighted by molar-refractivity contribution is 0.0600. The number of nitrogens with one attached hydrogen (secondary N) is 2. The zero-order valence-electron chi connectivity index (χ0n) is 17.1. The molecule has 9 nitrogen and oxygen atoms in total. The highest BCUT2D eigenvalue weighted by Crippen LogP contribution is 2.47. The summed E-state index contributed by atoms with van der Waals surface area (Å²) in [6, 6.07) is 10.5. The van der Waals surface area contributed by atoms with Crippen LogP contribution in [-0.2, 0) is 4.74 Å². The third-order valence-electron chi connectivity index (χ3n) is 5.13. The molecule has 0 saturated heterocycles. The Bertz CT molecular complexity index is 1420. The van der Waals surface area contributed by atoms with Crippen LogP contribution < -0.4 is 21.3 Å². The fourth-order valence-corrected chi connectivity index (χ4v) is 4.88. The van der Waals surface area contributed by atoms with E-state index in [-0.39, 0.29) is 22.8 Å². The molecular weight excluding hydrogens is 430 g/mol. The number of benzene rings is 1. The molecule has 1 atom stereocenters. The van der Waals surface area contributed by atoms with E-state index < -0.39 is 17.4 Å². The van der Waals surface area contributed by atoms with Crippen LogP contribution in [0.2, 0.25) is 0 Å². The van der Waals surface area contributed by atoms with Crippen molar-refractivity contribution >= 4 is 32.5 Å². The van der Waals surface area contributed by atoms with Crippen LogP contribution in [-0.4, -0.2) is 24.6 Å². The van der Waals surface area contributed by atoms with Gasteiger partial charge in [-0.1, -0.05) is 12.1 Å². The molecule has 2 aromatic heterocycles. The van der Waals surface area contributed by atoms with E-state index in [0.717, 1.165) is 0 Å². The zero-order valence-corrected chi connectivity index (χ0v) is 17.9. The highest BCUT2D eigenvalue weighted by Gasteiger charge is 2.36. The number of fused-ring (bicyclic) bond motifs is 3. The summed E-state index contributed by atoms with van der Waals surface area (Å²) in [5.41, 5.74) is 7.45. The average Bonchev–Trinajstić information content (AvgIpc) is 3.15. The second-order valence-electron chi connectivity index (χ2n) is 6.89. The minimum Gasteiger partial charge on any atom is -0.465 e. The maximum Gasteiger partial charge on any atom is 0.337 e. The highest BCUT2D eigenvalue weighted by atomic mass is 32.1. The molecule has 0 amide bonds. The Labute approximate surface area is 186 Å². The first-order valence-electron chi connectivity index (χ1n) is 9.57. The molecule has 4 rings (SSSR count). The molecule has 160 valence electrons. The largest absolute Gasteiger partial charge is 0.465 e. The van der Waals surface area contributed by atoms with Crippen molar-refractivity contribution in [2.24, 2.45) is 5.73 Å². The Morgan fingerprint density at radius 1 is 1.31 bits per heavy atom. The predicted molar refractivity (Wildman–Crippen MR) is 118 cm³/mol. The zero-order chi connectivity index (χ0) is 23.0. The molecule has 0 spiro atoms. The molecule has 3 aromatic rings. The first-order valence-corrected chi connectivity index (χ1v) is 10.4. The number of allylic oxidation sites excluding steroid dienone is 1. The summed E-state index contributed by atoms with van der Waals surface area (Å²) >= 11 is 1.26. The Hall–Kier alpha value is -4.28. The van der Waals surface area contributed by atoms with Crippen LogP contribution >= 0.6 is 11.3 Å². The maximum absolute atomic E-state index is 13.2. The number of ether oxygens (including phenoxy) is 2. The molecule has 4 N–H and O–H groups in total. The van der Waals surface area contributed by atoms with Crippen molar-refractivity contribution in [3.8, 4) is 17.9 Å². The van der Waals surface area contributed by atoms with Gasteiger partial charge in [0.15, 0.2) is 5.75 Å². The van der Waals surface area contributed by atoms with Gasteiger partial charge >= 0.3 is 5.97 Å². The average molecular weight is 447 g/mol. The van der Waals surface area contributed by atoms with Crippen LogP contribution in [0.3, 0.4) is 0 Å². The fraction of sp³-hybridized carbons (Fsp3) is 0.182. The van der Waals surface area contributed by atoms with Crippen molar-refractivity contribution in [2.75, 3.05) is 19.0 Å². The number of aromatic nitrogens is 1. The van der Waals surface area contributed by atoms with E-state index in [2.05, 4.69) is 16.4 Å². The number of aromatic amines is 1. The second kappa shape index (κ2) is 8.10. The number of thiophene rings is 1. The molecule has 0 saturated carbocycles. The summed E-state index contributed by atoms with van der Waals surface area (Å²) in [7, 11) is 1.28. The lowest BCUT2D eigenvalue weighted by Crippen LogP contribution is -2.27. The van der Waals surface area contributed by atoms with Crippen molar-refractivity contribution in [3.05, 3.63) is 68.3 Å². The van der Waals surface area contributed by atoms with Crippen LogP contribution in [0.5, 0.6) is 5.75 Å². The number of pyridine rings is 1. The quantitative estimate of drug-likeness (QED) is 0.516. The summed E-state index contributed by atoms with van der Waals surface area (Å²) in [4.78, 5) is 27.7. The minimum absolute atomic E-state index is 0.0807. The topological polar surface area (TPSA) is 154 Å². The van der Waals surface area contributed by atoms with Crippen LogP contribution in [0.15, 0.2) is 40.5 Å². The Balaban J connectivity index is 1.99. The molecule has 32 heavy (non-hydrogen) atoms. The summed E-state index contributed by atoms with van der Waals surface area (Å²) in [6.45, 7) is 2.48. The third kappa shape index (κ3) is 3.14. The van der Waals surface area contributed by atoms with Gasteiger partial charge in [0.05, 0.1) is 34.4 Å². The molecule has 0 radical (unpaired) electrons. The molecule has 1 aromatic carbocycles. The van der Waals surface area contributed by atoms with Gasteiger partial charge in [-0.2, -0.15) is 10.5 Å². The van der Waals surface area contributed by atoms with Crippen LogP contribution in [0.25, 0.3) is 10.2 Å². The molecule has 0 aliphatic carbocycles. The first kappa shape index (κ1) is 21.0. The van der Waals surface area contributed by atoms with Crippen molar-refractivity contribution in [1.82, 2.24) is 4.98 Å². The van der Waals surface area contributed by atoms with Gasteiger partial charge in [-0.15, -0.1) is 11.3 Å². The number of H-pyrrole nitrogens is 1. The van der Waals surface area contributed by atoms with E-state index in [0.29, 0.717) is 38.5 Å². The fourth-order valence-electron chi connectivity index (χ4n) is 3.71. The normalized spacial score (nSPS) is 14.8. The van der Waals surface area contributed by atoms with E-state index in [9.17, 15) is 20.1 Å². The van der Waals surface area contributed by atoms with Crippen molar-refractivity contribution < 1.29 is 14.3 Å². The number of nitrogens with zero attached hydrogens (tertiary/aromatic N) is 2. The van der Waals surface area contributed by atoms with Gasteiger partial charge in [-0.25, -0.2) is 4.79 Å². The molecular formula is C22H17N5O4S. The smallest absolute Gasteiger partial charge is 0.337 e. The first-order chi connectivity index (χ1) is 15.4. The van der Waals surface area contributed by atoms with E-state index in [1.807, 2.05) is 13.0 Å². The summed E-state index contributed by atoms with van der Waals surface area (Å²) in [5, 5.41) is 23.1. The van der Waals surface area contributed by atoms with Gasteiger partial charge in [-0.05, 0) is 24.6 Å². The van der Waals surface area contributed by atoms with Crippen LogP contribution in [0.4, 0.5) is 5.00 Å². The lowest BCUT2D eigenvalue weighted by Gasteiger charge is -2.26. The molecule has 10 heteroatoms. The van der Waals surface area contributed by atoms with Gasteiger partial charge in [0, 0.05) is 6.54 Å². The van der Waals surface area contributed by atoms with Crippen molar-refractivity contribution in [3.63, 3.8) is 0 Å². The van der Waals surface area contributed by atoms with Gasteiger partial charge < -0.3 is 25.5 Å². The molecule has 0 fully saturated rings. The summed E-state index contributed by atoms with van der Waals surface area (Å²) in [5.74, 6) is -1.21. The van der Waals surface area contributed by atoms with Crippen LogP contribution in [0.1, 0.15) is 39.9 Å². The number of hydrogen-bond acceptors (Lipinski definition) is 9. The van der Waals surface area contributed by atoms with E-state index in [1.165, 1.54) is 18.4 Å². The van der Waals surface area contributed by atoms with Gasteiger partial charge in [0.2, 0.25) is 5.88 Å². The minimum atomic E-state index is -0.807. The number of esters is 1. The van der Waals surface area contributed by atoms with E-state index in [1.54, 1.807) is 24.3 Å². The standard InChI is InChI=1S/C22H17N5O4S/c1-3-26-21-13(9-24)16-18(32-21)17-15(20(28)27-16)14(12(8-23)19(25)31-17)10-4-6-11(7-5-10)22(29)30-2/h4-7,14,26H,3,25H2,1-2H3,(H,27,28). The lowest BCUT2D eigenvalue weighted by atomic mass is 9.84. The van der Waals surface area contributed by atoms with Crippen molar-refractivity contribution in [1.29, 1.82) is 10.5 Å². The highest BCUT2D eigenvalue weighted by molar-refractivity contribution is 7.23. The number of carbonyl (C=O) groups is 1.